The maximum Gasteiger partial charge on any atom is 0.311 e. The number of aryl methyl sites for hydroxylation is 2. The minimum atomic E-state index is -0.990. The number of hydrogen-bond donors (Lipinski definition) is 1. The minimum Gasteiger partial charge on any atom is -0.497 e. The van der Waals surface area contributed by atoms with E-state index in [2.05, 4.69) is 5.32 Å². The van der Waals surface area contributed by atoms with Gasteiger partial charge in [-0.25, -0.2) is 0 Å². The highest BCUT2D eigenvalue weighted by atomic mass is 16.5. The lowest BCUT2D eigenvalue weighted by atomic mass is 10.0. The highest BCUT2D eigenvalue weighted by molar-refractivity contribution is 5.97. The Morgan fingerprint density at radius 2 is 1.80 bits per heavy atom. The fraction of sp³-hybridized carbons (Fsp3) is 0.304. The molecule has 1 aromatic heterocycles. The molecule has 0 radical (unpaired) electrons. The van der Waals surface area contributed by atoms with Crippen molar-refractivity contribution in [3.8, 4) is 11.5 Å². The second-order valence-corrected chi connectivity index (χ2v) is 7.06. The van der Waals surface area contributed by atoms with Gasteiger partial charge in [-0.2, -0.15) is 0 Å². The first-order valence-electron chi connectivity index (χ1n) is 9.52. The van der Waals surface area contributed by atoms with E-state index < -0.39 is 18.0 Å². The highest BCUT2D eigenvalue weighted by Crippen LogP contribution is 2.29. The Hall–Kier alpha value is -3.48. The molecule has 1 N–H and O–H groups in total. The smallest absolute Gasteiger partial charge is 0.311 e. The number of nitrogens with one attached hydrogen (secondary N) is 1. The van der Waals surface area contributed by atoms with Crippen LogP contribution in [-0.4, -0.2) is 32.2 Å². The average Bonchev–Trinajstić information content (AvgIpc) is 3.09. The molecule has 7 heteroatoms. The molecule has 0 saturated heterocycles. The quantitative estimate of drug-likeness (QED) is 0.587. The van der Waals surface area contributed by atoms with Gasteiger partial charge in [-0.15, -0.1) is 0 Å². The Kier molecular flexibility index (Phi) is 6.30. The van der Waals surface area contributed by atoms with Crippen LogP contribution in [0.4, 0.5) is 5.69 Å². The van der Waals surface area contributed by atoms with Crippen LogP contribution in [0.15, 0.2) is 41.0 Å². The number of benzene rings is 2. The largest absolute Gasteiger partial charge is 0.497 e. The molecular formula is C23H25NO6. The standard InChI is InChI=1S/C23H25NO6/c1-13-8-18-16(12-29-21(18)9-14(13)2)10-22(25)30-15(3)23(26)24-19-11-17(27-4)6-7-20(19)28-5/h6-9,11-12,15H,10H2,1-5H3,(H,24,26). The first-order valence-corrected chi connectivity index (χ1v) is 9.52. The summed E-state index contributed by atoms with van der Waals surface area (Å²) in [5.41, 5.74) is 4.09. The van der Waals surface area contributed by atoms with Crippen molar-refractivity contribution in [2.75, 3.05) is 19.5 Å². The Bertz CT molecular complexity index is 1080. The molecule has 0 saturated carbocycles. The topological polar surface area (TPSA) is 87.0 Å². The zero-order chi connectivity index (χ0) is 21.8. The first kappa shape index (κ1) is 21.2. The predicted octanol–water partition coefficient (Wildman–Crippen LogP) is 4.18. The van der Waals surface area contributed by atoms with Crippen molar-refractivity contribution < 1.29 is 28.2 Å². The molecule has 1 atom stereocenters. The lowest BCUT2D eigenvalue weighted by Gasteiger charge is -2.16. The first-order chi connectivity index (χ1) is 14.3. The van der Waals surface area contributed by atoms with E-state index in [4.69, 9.17) is 18.6 Å². The Labute approximate surface area is 174 Å². The third-order valence-corrected chi connectivity index (χ3v) is 4.95. The number of carbonyl (C=O) groups excluding carboxylic acids is 2. The summed E-state index contributed by atoms with van der Waals surface area (Å²) in [5, 5.41) is 3.57. The van der Waals surface area contributed by atoms with Crippen LogP contribution in [0.25, 0.3) is 11.0 Å². The second kappa shape index (κ2) is 8.90. The summed E-state index contributed by atoms with van der Waals surface area (Å²) in [7, 11) is 3.03. The number of ether oxygens (including phenoxy) is 3. The molecule has 1 unspecified atom stereocenters. The van der Waals surface area contributed by atoms with Gasteiger partial charge in [-0.05, 0) is 56.2 Å². The Balaban J connectivity index is 1.66. The van der Waals surface area contributed by atoms with E-state index in [0.29, 0.717) is 17.2 Å². The molecule has 0 spiro atoms. The summed E-state index contributed by atoms with van der Waals surface area (Å²) < 4.78 is 21.3. The van der Waals surface area contributed by atoms with Crippen LogP contribution >= 0.6 is 0 Å². The number of amides is 1. The minimum absolute atomic E-state index is 0.00953. The van der Waals surface area contributed by atoms with E-state index in [1.165, 1.54) is 21.1 Å². The molecule has 0 aliphatic heterocycles. The van der Waals surface area contributed by atoms with Crippen molar-refractivity contribution in [1.29, 1.82) is 0 Å². The molecular weight excluding hydrogens is 386 g/mol. The fourth-order valence-electron chi connectivity index (χ4n) is 3.07. The van der Waals surface area contributed by atoms with Crippen molar-refractivity contribution in [3.63, 3.8) is 0 Å². The Morgan fingerprint density at radius 1 is 1.07 bits per heavy atom. The summed E-state index contributed by atoms with van der Waals surface area (Å²) in [5.74, 6) is 0.0425. The summed E-state index contributed by atoms with van der Waals surface area (Å²) in [4.78, 5) is 24.9. The van der Waals surface area contributed by atoms with Gasteiger partial charge in [0.25, 0.3) is 5.91 Å². The molecule has 0 aliphatic carbocycles. The van der Waals surface area contributed by atoms with Gasteiger partial charge in [0.05, 0.1) is 32.6 Å². The van der Waals surface area contributed by atoms with Crippen LogP contribution in [0.5, 0.6) is 11.5 Å². The second-order valence-electron chi connectivity index (χ2n) is 7.06. The molecule has 2 aromatic carbocycles. The van der Waals surface area contributed by atoms with Crippen molar-refractivity contribution in [3.05, 3.63) is 53.3 Å². The van der Waals surface area contributed by atoms with Crippen molar-refractivity contribution in [1.82, 2.24) is 0 Å². The molecule has 3 rings (SSSR count). The van der Waals surface area contributed by atoms with Gasteiger partial charge >= 0.3 is 5.97 Å². The van der Waals surface area contributed by atoms with Gasteiger partial charge in [-0.3, -0.25) is 9.59 Å². The van der Waals surface area contributed by atoms with Gasteiger partial charge in [0, 0.05) is 17.0 Å². The van der Waals surface area contributed by atoms with Crippen molar-refractivity contribution in [2.24, 2.45) is 0 Å². The van der Waals surface area contributed by atoms with E-state index in [9.17, 15) is 9.59 Å². The monoisotopic (exact) mass is 411 g/mol. The van der Waals surface area contributed by atoms with Gasteiger partial charge in [0.2, 0.25) is 0 Å². The van der Waals surface area contributed by atoms with Crippen LogP contribution in [0.1, 0.15) is 23.6 Å². The fourth-order valence-corrected chi connectivity index (χ4v) is 3.07. The van der Waals surface area contributed by atoms with E-state index in [1.54, 1.807) is 24.5 Å². The number of carbonyl (C=O) groups is 2. The molecule has 158 valence electrons. The Morgan fingerprint density at radius 3 is 2.50 bits per heavy atom. The molecule has 0 fully saturated rings. The summed E-state index contributed by atoms with van der Waals surface area (Å²) >= 11 is 0. The van der Waals surface area contributed by atoms with Gasteiger partial charge < -0.3 is 23.9 Å². The van der Waals surface area contributed by atoms with E-state index in [1.807, 2.05) is 26.0 Å². The number of esters is 1. The van der Waals surface area contributed by atoms with Crippen LogP contribution in [0.3, 0.4) is 0 Å². The summed E-state index contributed by atoms with van der Waals surface area (Å²) in [6.45, 7) is 5.52. The van der Waals surface area contributed by atoms with Gasteiger partial charge in [-0.1, -0.05) is 0 Å². The zero-order valence-electron chi connectivity index (χ0n) is 17.7. The van der Waals surface area contributed by atoms with Crippen molar-refractivity contribution >= 4 is 28.5 Å². The number of methoxy groups -OCH3 is 2. The number of hydrogen-bond acceptors (Lipinski definition) is 6. The maximum atomic E-state index is 12.5. The lowest BCUT2D eigenvalue weighted by molar-refractivity contribution is -0.152. The highest BCUT2D eigenvalue weighted by Gasteiger charge is 2.21. The molecule has 1 heterocycles. The normalized spacial score (nSPS) is 11.8. The van der Waals surface area contributed by atoms with Gasteiger partial charge in [0.1, 0.15) is 17.1 Å². The molecule has 0 bridgehead atoms. The maximum absolute atomic E-state index is 12.5. The molecule has 0 aliphatic rings. The molecule has 1 amide bonds. The number of fused-ring (bicyclic) bond motifs is 1. The molecule has 3 aromatic rings. The van der Waals surface area contributed by atoms with E-state index >= 15 is 0 Å². The SMILES string of the molecule is COc1ccc(OC)c(NC(=O)C(C)OC(=O)Cc2coc3cc(C)c(C)cc23)c1. The number of rotatable bonds is 7. The lowest BCUT2D eigenvalue weighted by Crippen LogP contribution is -2.30. The van der Waals surface area contributed by atoms with Crippen LogP contribution in [-0.2, 0) is 20.7 Å². The zero-order valence-corrected chi connectivity index (χ0v) is 17.7. The average molecular weight is 411 g/mol. The number of furan rings is 1. The van der Waals surface area contributed by atoms with Gasteiger partial charge in [0.15, 0.2) is 6.10 Å². The van der Waals surface area contributed by atoms with Crippen LogP contribution in [0, 0.1) is 13.8 Å². The van der Waals surface area contributed by atoms with Crippen LogP contribution in [0.2, 0.25) is 0 Å². The van der Waals surface area contributed by atoms with Crippen LogP contribution < -0.4 is 14.8 Å². The summed E-state index contributed by atoms with van der Waals surface area (Å²) in [6, 6.07) is 8.96. The molecule has 30 heavy (non-hydrogen) atoms. The van der Waals surface area contributed by atoms with Crippen molar-refractivity contribution in [2.45, 2.75) is 33.3 Å². The van der Waals surface area contributed by atoms with E-state index in [-0.39, 0.29) is 6.42 Å². The third kappa shape index (κ3) is 4.56. The summed E-state index contributed by atoms with van der Waals surface area (Å²) in [6.07, 6.45) is 0.572. The molecule has 7 nitrogen and oxygen atoms in total. The number of anilines is 1. The van der Waals surface area contributed by atoms with E-state index in [0.717, 1.165) is 27.7 Å². The predicted molar refractivity (Wildman–Crippen MR) is 113 cm³/mol. The third-order valence-electron chi connectivity index (χ3n) is 4.95.